The Kier molecular flexibility index (Phi) is 5.22. The van der Waals surface area contributed by atoms with Crippen LogP contribution in [0, 0.1) is 0 Å². The van der Waals surface area contributed by atoms with E-state index in [1.165, 1.54) is 6.07 Å². The zero-order valence-electron chi connectivity index (χ0n) is 15.8. The maximum Gasteiger partial charge on any atom is 0.417 e. The fourth-order valence-corrected chi connectivity index (χ4v) is 3.60. The fraction of sp³-hybridized carbons (Fsp3) is 0.474. The molecule has 2 saturated heterocycles. The van der Waals surface area contributed by atoms with Crippen LogP contribution >= 0.6 is 0 Å². The van der Waals surface area contributed by atoms with Gasteiger partial charge < -0.3 is 25.4 Å². The second kappa shape index (κ2) is 7.68. The lowest BCUT2D eigenvalue weighted by atomic mass is 10.2. The third kappa shape index (κ3) is 4.38. The third-order valence-electron chi connectivity index (χ3n) is 5.06. The lowest BCUT2D eigenvalue weighted by Crippen LogP contribution is -2.37. The Bertz CT molecular complexity index is 862. The smallest absolute Gasteiger partial charge is 0.394 e. The molecule has 2 aliphatic rings. The zero-order valence-corrected chi connectivity index (χ0v) is 15.8. The molecular formula is C19H22F3N5O2. The Morgan fingerprint density at radius 1 is 1.28 bits per heavy atom. The predicted molar refractivity (Wildman–Crippen MR) is 102 cm³/mol. The fourth-order valence-electron chi connectivity index (χ4n) is 3.60. The molecule has 2 aromatic heterocycles. The number of ether oxygens (including phenoxy) is 1. The van der Waals surface area contributed by atoms with E-state index in [1.807, 2.05) is 19.1 Å². The molecule has 7 nitrogen and oxygen atoms in total. The van der Waals surface area contributed by atoms with Crippen LogP contribution in [0.5, 0.6) is 0 Å². The molecule has 29 heavy (non-hydrogen) atoms. The molecule has 0 radical (unpaired) electrons. The average molecular weight is 409 g/mol. The van der Waals surface area contributed by atoms with Crippen molar-refractivity contribution in [3.05, 3.63) is 36.0 Å². The molecule has 156 valence electrons. The van der Waals surface area contributed by atoms with Crippen molar-refractivity contribution < 1.29 is 23.0 Å². The highest BCUT2D eigenvalue weighted by Gasteiger charge is 2.39. The zero-order chi connectivity index (χ0) is 20.6. The summed E-state index contributed by atoms with van der Waals surface area (Å²) in [6.45, 7) is 3.22. The summed E-state index contributed by atoms with van der Waals surface area (Å²) < 4.78 is 43.9. The lowest BCUT2D eigenvalue weighted by Gasteiger charge is -2.29. The van der Waals surface area contributed by atoms with Crippen molar-refractivity contribution >= 4 is 23.1 Å². The molecule has 2 aliphatic heterocycles. The number of aliphatic hydroxyl groups is 1. The summed E-state index contributed by atoms with van der Waals surface area (Å²) in [5, 5.41) is 15.4. The summed E-state index contributed by atoms with van der Waals surface area (Å²) in [6.07, 6.45) is -2.45. The Morgan fingerprint density at radius 2 is 2.07 bits per heavy atom. The van der Waals surface area contributed by atoms with Gasteiger partial charge in [-0.3, -0.25) is 0 Å². The number of alkyl halides is 3. The first-order valence-corrected chi connectivity index (χ1v) is 9.40. The van der Waals surface area contributed by atoms with E-state index in [-0.39, 0.29) is 24.6 Å². The van der Waals surface area contributed by atoms with E-state index >= 15 is 0 Å². The normalized spacial score (nSPS) is 22.0. The SMILES string of the molecule is C[C@@H](CO)Nc1cc(N2CC3CC2CO3)cc(Nc2ccc(C(F)(F)F)cn2)n1. The molecule has 0 saturated carbocycles. The van der Waals surface area contributed by atoms with Gasteiger partial charge in [-0.05, 0) is 25.5 Å². The number of hydrogen-bond acceptors (Lipinski definition) is 7. The monoisotopic (exact) mass is 409 g/mol. The summed E-state index contributed by atoms with van der Waals surface area (Å²) in [5.74, 6) is 1.27. The van der Waals surface area contributed by atoms with Crippen LogP contribution in [0.15, 0.2) is 30.5 Å². The van der Waals surface area contributed by atoms with E-state index < -0.39 is 11.7 Å². The number of fused-ring (bicyclic) bond motifs is 2. The van der Waals surface area contributed by atoms with E-state index in [0.717, 1.165) is 30.9 Å². The van der Waals surface area contributed by atoms with E-state index in [4.69, 9.17) is 4.74 Å². The van der Waals surface area contributed by atoms with Crippen molar-refractivity contribution in [1.82, 2.24) is 9.97 Å². The molecule has 10 heteroatoms. The Balaban J connectivity index is 1.59. The van der Waals surface area contributed by atoms with Crippen molar-refractivity contribution in [3.63, 3.8) is 0 Å². The van der Waals surface area contributed by atoms with Crippen LogP contribution in [-0.4, -0.2) is 53.0 Å². The molecule has 2 bridgehead atoms. The number of halogens is 3. The molecule has 0 spiro atoms. The van der Waals surface area contributed by atoms with Gasteiger partial charge in [0.05, 0.1) is 30.9 Å². The summed E-state index contributed by atoms with van der Waals surface area (Å²) in [6, 6.07) is 6.08. The molecule has 2 unspecified atom stereocenters. The molecule has 0 aromatic carbocycles. The minimum atomic E-state index is -4.43. The molecule has 4 heterocycles. The summed E-state index contributed by atoms with van der Waals surface area (Å²) in [7, 11) is 0. The first-order chi connectivity index (χ1) is 13.8. The van der Waals surface area contributed by atoms with Crippen LogP contribution < -0.4 is 15.5 Å². The van der Waals surface area contributed by atoms with E-state index in [9.17, 15) is 18.3 Å². The molecule has 3 N–H and O–H groups in total. The van der Waals surface area contributed by atoms with Gasteiger partial charge >= 0.3 is 6.18 Å². The van der Waals surface area contributed by atoms with Crippen molar-refractivity contribution in [1.29, 1.82) is 0 Å². The summed E-state index contributed by atoms with van der Waals surface area (Å²) in [4.78, 5) is 10.6. The van der Waals surface area contributed by atoms with E-state index in [0.29, 0.717) is 24.3 Å². The lowest BCUT2D eigenvalue weighted by molar-refractivity contribution is -0.137. The van der Waals surface area contributed by atoms with Crippen LogP contribution in [0.4, 0.5) is 36.3 Å². The van der Waals surface area contributed by atoms with Crippen molar-refractivity contribution in [2.75, 3.05) is 35.3 Å². The predicted octanol–water partition coefficient (Wildman–Crippen LogP) is 3.01. The van der Waals surface area contributed by atoms with Crippen molar-refractivity contribution in [2.45, 2.75) is 37.7 Å². The number of hydrogen-bond donors (Lipinski definition) is 3. The van der Waals surface area contributed by atoms with Gasteiger partial charge in [-0.15, -0.1) is 0 Å². The molecule has 2 fully saturated rings. The first-order valence-electron chi connectivity index (χ1n) is 9.40. The maximum atomic E-state index is 12.7. The number of aliphatic hydroxyl groups excluding tert-OH is 1. The summed E-state index contributed by atoms with van der Waals surface area (Å²) in [5.41, 5.74) is 0.120. The van der Waals surface area contributed by atoms with Gasteiger partial charge in [0.15, 0.2) is 0 Å². The topological polar surface area (TPSA) is 82.5 Å². The van der Waals surface area contributed by atoms with Gasteiger partial charge in [0.2, 0.25) is 0 Å². The Labute approximate surface area is 165 Å². The highest BCUT2D eigenvalue weighted by molar-refractivity contribution is 5.66. The average Bonchev–Trinajstić information content (AvgIpc) is 3.31. The molecule has 0 aliphatic carbocycles. The van der Waals surface area contributed by atoms with Crippen LogP contribution in [0.25, 0.3) is 0 Å². The van der Waals surface area contributed by atoms with Gasteiger partial charge in [-0.1, -0.05) is 0 Å². The Hall–Kier alpha value is -2.59. The highest BCUT2D eigenvalue weighted by atomic mass is 19.4. The molecule has 4 rings (SSSR count). The number of pyridine rings is 2. The molecule has 0 amide bonds. The van der Waals surface area contributed by atoms with E-state index in [2.05, 4.69) is 25.5 Å². The van der Waals surface area contributed by atoms with Crippen molar-refractivity contribution in [3.8, 4) is 0 Å². The largest absolute Gasteiger partial charge is 0.417 e. The number of rotatable bonds is 6. The van der Waals surface area contributed by atoms with Gasteiger partial charge in [0.1, 0.15) is 17.5 Å². The van der Waals surface area contributed by atoms with Crippen LogP contribution in [0.1, 0.15) is 18.9 Å². The second-order valence-corrected chi connectivity index (χ2v) is 7.38. The minimum Gasteiger partial charge on any atom is -0.394 e. The van der Waals surface area contributed by atoms with Gasteiger partial charge in [-0.2, -0.15) is 13.2 Å². The Morgan fingerprint density at radius 3 is 2.66 bits per heavy atom. The van der Waals surface area contributed by atoms with Crippen LogP contribution in [0.2, 0.25) is 0 Å². The molecule has 3 atom stereocenters. The number of aromatic nitrogens is 2. The quantitative estimate of drug-likeness (QED) is 0.677. The van der Waals surface area contributed by atoms with Gasteiger partial charge in [0, 0.05) is 36.6 Å². The summed E-state index contributed by atoms with van der Waals surface area (Å²) >= 11 is 0. The van der Waals surface area contributed by atoms with Gasteiger partial charge in [0.25, 0.3) is 0 Å². The number of anilines is 4. The first kappa shape index (κ1) is 19.7. The number of morpholine rings is 1. The van der Waals surface area contributed by atoms with Crippen LogP contribution in [0.3, 0.4) is 0 Å². The molecule has 2 aromatic rings. The number of nitrogens with zero attached hydrogens (tertiary/aromatic N) is 3. The number of nitrogens with one attached hydrogen (secondary N) is 2. The maximum absolute atomic E-state index is 12.7. The van der Waals surface area contributed by atoms with Gasteiger partial charge in [-0.25, -0.2) is 9.97 Å². The highest BCUT2D eigenvalue weighted by Crippen LogP contribution is 2.35. The van der Waals surface area contributed by atoms with Crippen LogP contribution in [-0.2, 0) is 10.9 Å². The second-order valence-electron chi connectivity index (χ2n) is 7.38. The standard InChI is InChI=1S/C19H22F3N5O2/c1-11(9-28)24-17-5-13(27-8-15-4-14(27)10-29-15)6-18(26-17)25-16-3-2-12(7-23-16)19(20,21)22/h2-3,5-7,11,14-15,28H,4,8-10H2,1H3,(H2,23,24,25,26)/t11-,14?,15?/m0/s1. The van der Waals surface area contributed by atoms with E-state index in [1.54, 1.807) is 0 Å². The third-order valence-corrected chi connectivity index (χ3v) is 5.06. The minimum absolute atomic E-state index is 0.0582. The van der Waals surface area contributed by atoms with Crippen molar-refractivity contribution in [2.24, 2.45) is 0 Å². The molecular weight excluding hydrogens is 387 g/mol.